The van der Waals surface area contributed by atoms with Gasteiger partial charge in [0.2, 0.25) is 0 Å². The molecule has 0 unspecified atom stereocenters. The van der Waals surface area contributed by atoms with Crippen molar-refractivity contribution in [3.8, 4) is 17.6 Å². The fourth-order valence-electron chi connectivity index (χ4n) is 2.51. The van der Waals surface area contributed by atoms with Crippen molar-refractivity contribution in [2.24, 2.45) is 0 Å². The second kappa shape index (κ2) is 6.99. The Morgan fingerprint density at radius 3 is 2.92 bits per heavy atom. The summed E-state index contributed by atoms with van der Waals surface area (Å²) in [5, 5.41) is 19.6. The smallest absolute Gasteiger partial charge is 0.172 e. The second-order valence-electron chi connectivity index (χ2n) is 5.56. The first-order valence-electron chi connectivity index (χ1n) is 7.75. The van der Waals surface area contributed by atoms with E-state index in [4.69, 9.17) is 4.74 Å². The molecule has 0 radical (unpaired) electrons. The Bertz CT molecular complexity index is 1020. The summed E-state index contributed by atoms with van der Waals surface area (Å²) < 4.78 is 5.93. The number of aryl methyl sites for hydroxylation is 1. The molecule has 2 N–H and O–H groups in total. The number of nitrogens with zero attached hydrogens (tertiary/aromatic N) is 2. The lowest BCUT2D eigenvalue weighted by atomic mass is 10.1. The Morgan fingerprint density at radius 2 is 2.20 bits per heavy atom. The van der Waals surface area contributed by atoms with Gasteiger partial charge in [-0.25, -0.2) is 4.98 Å². The zero-order chi connectivity index (χ0) is 18.0. The number of nitriles is 1. The van der Waals surface area contributed by atoms with Gasteiger partial charge in [-0.15, -0.1) is 0 Å². The van der Waals surface area contributed by atoms with Crippen LogP contribution in [-0.4, -0.2) is 21.7 Å². The van der Waals surface area contributed by atoms with Crippen LogP contribution in [0.15, 0.2) is 34.8 Å². The number of nitrogens with one attached hydrogen (secondary N) is 1. The van der Waals surface area contributed by atoms with Crippen LogP contribution < -0.4 is 4.74 Å². The summed E-state index contributed by atoms with van der Waals surface area (Å²) in [6, 6.07) is 11.5. The van der Waals surface area contributed by atoms with Gasteiger partial charge in [0.15, 0.2) is 11.5 Å². The van der Waals surface area contributed by atoms with Crippen molar-refractivity contribution in [3.63, 3.8) is 0 Å². The molecular formula is C19H16BrN3O2. The Kier molecular flexibility index (Phi) is 4.77. The summed E-state index contributed by atoms with van der Waals surface area (Å²) in [6.07, 6.45) is 1.71. The lowest BCUT2D eigenvalue weighted by Gasteiger charge is -2.08. The molecule has 1 heterocycles. The number of H-pyrrole nitrogens is 1. The first kappa shape index (κ1) is 17.1. The van der Waals surface area contributed by atoms with E-state index in [0.717, 1.165) is 22.2 Å². The van der Waals surface area contributed by atoms with Crippen LogP contribution in [0.1, 0.15) is 23.9 Å². The summed E-state index contributed by atoms with van der Waals surface area (Å²) in [5.74, 6) is 0.905. The van der Waals surface area contributed by atoms with Gasteiger partial charge in [0.1, 0.15) is 11.9 Å². The lowest BCUT2D eigenvalue weighted by molar-refractivity contribution is 0.317. The normalized spacial score (nSPS) is 11.5. The third kappa shape index (κ3) is 3.52. The highest BCUT2D eigenvalue weighted by Crippen LogP contribution is 2.36. The van der Waals surface area contributed by atoms with E-state index in [1.165, 1.54) is 0 Å². The van der Waals surface area contributed by atoms with Crippen molar-refractivity contribution in [2.75, 3.05) is 6.61 Å². The van der Waals surface area contributed by atoms with Gasteiger partial charge in [0, 0.05) is 0 Å². The number of ether oxygens (including phenoxy) is 1. The van der Waals surface area contributed by atoms with Crippen LogP contribution in [0.3, 0.4) is 0 Å². The molecular weight excluding hydrogens is 382 g/mol. The molecule has 0 saturated carbocycles. The van der Waals surface area contributed by atoms with E-state index in [2.05, 4.69) is 32.0 Å². The average Bonchev–Trinajstić information content (AvgIpc) is 3.00. The van der Waals surface area contributed by atoms with Crippen molar-refractivity contribution < 1.29 is 9.84 Å². The SMILES string of the molecule is CCOc1cc(/C=C(\C#N)c2nc3ccc(C)cc3[nH]2)cc(Br)c1O. The minimum Gasteiger partial charge on any atom is -0.503 e. The molecule has 0 aliphatic carbocycles. The van der Waals surface area contributed by atoms with Crippen LogP contribution in [-0.2, 0) is 0 Å². The Labute approximate surface area is 153 Å². The number of aromatic nitrogens is 2. The molecule has 0 saturated heterocycles. The molecule has 0 bridgehead atoms. The van der Waals surface area contributed by atoms with Gasteiger partial charge < -0.3 is 14.8 Å². The Hall–Kier alpha value is -2.78. The third-order valence-corrected chi connectivity index (χ3v) is 4.28. The minimum absolute atomic E-state index is 0.0386. The first-order chi connectivity index (χ1) is 12.0. The van der Waals surface area contributed by atoms with Gasteiger partial charge >= 0.3 is 0 Å². The molecule has 0 amide bonds. The van der Waals surface area contributed by atoms with E-state index < -0.39 is 0 Å². The zero-order valence-corrected chi connectivity index (χ0v) is 15.4. The number of phenolic OH excluding ortho intramolecular Hbond substituents is 1. The highest BCUT2D eigenvalue weighted by molar-refractivity contribution is 9.10. The van der Waals surface area contributed by atoms with Gasteiger partial charge in [-0.1, -0.05) is 6.07 Å². The van der Waals surface area contributed by atoms with E-state index in [1.54, 1.807) is 18.2 Å². The van der Waals surface area contributed by atoms with E-state index >= 15 is 0 Å². The van der Waals surface area contributed by atoms with Crippen LogP contribution in [0.4, 0.5) is 0 Å². The average molecular weight is 398 g/mol. The van der Waals surface area contributed by atoms with Crippen molar-refractivity contribution >= 4 is 38.6 Å². The number of imidazole rings is 1. The van der Waals surface area contributed by atoms with Crippen molar-refractivity contribution in [3.05, 3.63) is 51.8 Å². The molecule has 126 valence electrons. The van der Waals surface area contributed by atoms with Crippen molar-refractivity contribution in [2.45, 2.75) is 13.8 Å². The van der Waals surface area contributed by atoms with Crippen molar-refractivity contribution in [1.82, 2.24) is 9.97 Å². The summed E-state index contributed by atoms with van der Waals surface area (Å²) in [5.41, 5.74) is 3.94. The number of fused-ring (bicyclic) bond motifs is 1. The molecule has 0 aliphatic heterocycles. The maximum atomic E-state index is 10.0. The summed E-state index contributed by atoms with van der Waals surface area (Å²) in [7, 11) is 0. The van der Waals surface area contributed by atoms with E-state index in [0.29, 0.717) is 28.2 Å². The molecule has 1 aromatic heterocycles. The number of rotatable bonds is 4. The maximum Gasteiger partial charge on any atom is 0.172 e. The van der Waals surface area contributed by atoms with Gasteiger partial charge in [0.05, 0.1) is 27.7 Å². The number of benzene rings is 2. The monoisotopic (exact) mass is 397 g/mol. The second-order valence-corrected chi connectivity index (χ2v) is 6.41. The van der Waals surface area contributed by atoms with Gasteiger partial charge in [-0.3, -0.25) is 0 Å². The van der Waals surface area contributed by atoms with E-state index in [9.17, 15) is 10.4 Å². The van der Waals surface area contributed by atoms with Crippen molar-refractivity contribution in [1.29, 1.82) is 5.26 Å². The Morgan fingerprint density at radius 1 is 1.40 bits per heavy atom. The van der Waals surface area contributed by atoms with Gasteiger partial charge in [0.25, 0.3) is 0 Å². The molecule has 3 aromatic rings. The van der Waals surface area contributed by atoms with Crippen LogP contribution in [0.2, 0.25) is 0 Å². The predicted molar refractivity (Wildman–Crippen MR) is 101 cm³/mol. The fraction of sp³-hybridized carbons (Fsp3) is 0.158. The van der Waals surface area contributed by atoms with E-state index in [-0.39, 0.29) is 5.75 Å². The van der Waals surface area contributed by atoms with Gasteiger partial charge in [-0.2, -0.15) is 5.26 Å². The number of aromatic amines is 1. The van der Waals surface area contributed by atoms with Gasteiger partial charge in [-0.05, 0) is 71.2 Å². The molecule has 3 rings (SSSR count). The zero-order valence-electron chi connectivity index (χ0n) is 13.8. The number of halogens is 1. The molecule has 0 atom stereocenters. The predicted octanol–water partition coefficient (Wildman–Crippen LogP) is 4.80. The third-order valence-electron chi connectivity index (χ3n) is 3.67. The van der Waals surface area contributed by atoms with Crippen LogP contribution >= 0.6 is 15.9 Å². The molecule has 0 fully saturated rings. The quantitative estimate of drug-likeness (QED) is 0.619. The highest BCUT2D eigenvalue weighted by Gasteiger charge is 2.11. The molecule has 2 aromatic carbocycles. The van der Waals surface area contributed by atoms with E-state index in [1.807, 2.05) is 32.0 Å². The van der Waals surface area contributed by atoms with Crippen LogP contribution in [0.25, 0.3) is 22.7 Å². The topological polar surface area (TPSA) is 81.9 Å². The maximum absolute atomic E-state index is 10.0. The summed E-state index contributed by atoms with van der Waals surface area (Å²) in [4.78, 5) is 7.66. The number of phenols is 1. The summed E-state index contributed by atoms with van der Waals surface area (Å²) in [6.45, 7) is 4.28. The standard InChI is InChI=1S/C19H16BrN3O2/c1-3-25-17-9-12(8-14(20)18(17)24)7-13(10-21)19-22-15-5-4-11(2)6-16(15)23-19/h4-9,24H,3H2,1-2H3,(H,22,23)/b13-7+. The van der Waals surface area contributed by atoms with Crippen LogP contribution in [0, 0.1) is 18.3 Å². The summed E-state index contributed by atoms with van der Waals surface area (Å²) >= 11 is 3.31. The molecule has 5 nitrogen and oxygen atoms in total. The number of aromatic hydroxyl groups is 1. The number of allylic oxidation sites excluding steroid dienone is 1. The largest absolute Gasteiger partial charge is 0.503 e. The number of hydrogen-bond acceptors (Lipinski definition) is 4. The minimum atomic E-state index is 0.0386. The molecule has 25 heavy (non-hydrogen) atoms. The molecule has 0 aliphatic rings. The highest BCUT2D eigenvalue weighted by atomic mass is 79.9. The fourth-order valence-corrected chi connectivity index (χ4v) is 2.97. The Balaban J connectivity index is 2.06. The number of hydrogen-bond donors (Lipinski definition) is 2. The molecule has 6 heteroatoms. The van der Waals surface area contributed by atoms with Crippen LogP contribution in [0.5, 0.6) is 11.5 Å². The lowest BCUT2D eigenvalue weighted by Crippen LogP contribution is -1.93. The first-order valence-corrected chi connectivity index (χ1v) is 8.55. The molecule has 0 spiro atoms.